The largest absolute Gasteiger partial charge is 0.378 e. The lowest BCUT2D eigenvalue weighted by atomic mass is 10.2. The molecule has 7 nitrogen and oxygen atoms in total. The molecule has 0 aliphatic carbocycles. The van der Waals surface area contributed by atoms with Gasteiger partial charge >= 0.3 is 0 Å². The molecular weight excluding hydrogens is 352 g/mol. The van der Waals surface area contributed by atoms with Crippen molar-refractivity contribution in [2.45, 2.75) is 6.54 Å². The maximum absolute atomic E-state index is 5.47. The molecule has 1 aliphatic heterocycles. The molecule has 0 radical (unpaired) electrons. The molecular formula is C21H24N6O. The lowest BCUT2D eigenvalue weighted by Crippen LogP contribution is -2.36. The van der Waals surface area contributed by atoms with Crippen LogP contribution in [0.15, 0.2) is 60.8 Å². The van der Waals surface area contributed by atoms with Crippen molar-refractivity contribution in [1.29, 1.82) is 0 Å². The molecule has 0 saturated carbocycles. The highest BCUT2D eigenvalue weighted by atomic mass is 16.5. The summed E-state index contributed by atoms with van der Waals surface area (Å²) in [7, 11) is 1.97. The van der Waals surface area contributed by atoms with Gasteiger partial charge in [0, 0.05) is 26.7 Å². The number of anilines is 4. The molecule has 2 aromatic carbocycles. The van der Waals surface area contributed by atoms with Crippen molar-refractivity contribution in [2.75, 3.05) is 48.5 Å². The molecule has 0 atom stereocenters. The van der Waals surface area contributed by atoms with Crippen LogP contribution in [0.2, 0.25) is 0 Å². The quantitative estimate of drug-likeness (QED) is 0.709. The van der Waals surface area contributed by atoms with E-state index in [1.54, 1.807) is 6.20 Å². The van der Waals surface area contributed by atoms with Gasteiger partial charge in [-0.3, -0.25) is 0 Å². The van der Waals surface area contributed by atoms with Crippen molar-refractivity contribution >= 4 is 23.1 Å². The van der Waals surface area contributed by atoms with Crippen molar-refractivity contribution in [3.8, 4) is 0 Å². The Morgan fingerprint density at radius 3 is 2.61 bits per heavy atom. The zero-order valence-corrected chi connectivity index (χ0v) is 16.0. The summed E-state index contributed by atoms with van der Waals surface area (Å²) in [5, 5.41) is 11.7. The van der Waals surface area contributed by atoms with Gasteiger partial charge < -0.3 is 19.9 Å². The molecule has 0 amide bonds. The van der Waals surface area contributed by atoms with Crippen LogP contribution in [0.1, 0.15) is 5.56 Å². The van der Waals surface area contributed by atoms with E-state index in [2.05, 4.69) is 49.7 Å². The minimum absolute atomic E-state index is 0.581. The number of hydrogen-bond acceptors (Lipinski definition) is 7. The molecule has 28 heavy (non-hydrogen) atoms. The standard InChI is InChI=1S/C21H24N6O/c1-26(16-17-7-3-2-4-8-17)21-24-20(15-22-25-21)23-18-9-5-6-10-19(18)27-11-13-28-14-12-27/h2-10,15H,11-14,16H2,1H3,(H,23,24,25). The molecule has 2 heterocycles. The van der Waals surface area contributed by atoms with Crippen LogP contribution in [0.4, 0.5) is 23.1 Å². The highest BCUT2D eigenvalue weighted by Crippen LogP contribution is 2.28. The third-order valence-electron chi connectivity index (χ3n) is 4.67. The second-order valence-electron chi connectivity index (χ2n) is 6.72. The number of morpholine rings is 1. The molecule has 0 spiro atoms. The minimum Gasteiger partial charge on any atom is -0.378 e. The number of benzene rings is 2. The van der Waals surface area contributed by atoms with Gasteiger partial charge in [-0.25, -0.2) is 0 Å². The van der Waals surface area contributed by atoms with Crippen LogP contribution in [0.3, 0.4) is 0 Å². The van der Waals surface area contributed by atoms with Gasteiger partial charge in [-0.15, -0.1) is 5.10 Å². The van der Waals surface area contributed by atoms with E-state index in [9.17, 15) is 0 Å². The fourth-order valence-corrected chi connectivity index (χ4v) is 3.24. The summed E-state index contributed by atoms with van der Waals surface area (Å²) < 4.78 is 5.47. The normalized spacial score (nSPS) is 14.0. The van der Waals surface area contributed by atoms with Gasteiger partial charge in [-0.05, 0) is 17.7 Å². The lowest BCUT2D eigenvalue weighted by Gasteiger charge is -2.30. The Morgan fingerprint density at radius 2 is 1.79 bits per heavy atom. The summed E-state index contributed by atoms with van der Waals surface area (Å²) in [6.07, 6.45) is 1.65. The van der Waals surface area contributed by atoms with Crippen LogP contribution in [0.5, 0.6) is 0 Å². The second kappa shape index (κ2) is 8.67. The second-order valence-corrected chi connectivity index (χ2v) is 6.72. The van der Waals surface area contributed by atoms with Crippen molar-refractivity contribution in [1.82, 2.24) is 15.2 Å². The number of rotatable bonds is 6. The molecule has 4 rings (SSSR count). The predicted octanol–water partition coefficient (Wildman–Crippen LogP) is 3.09. The first-order chi connectivity index (χ1) is 13.8. The fraction of sp³-hybridized carbons (Fsp3) is 0.286. The Bertz CT molecular complexity index is 898. The van der Waals surface area contributed by atoms with E-state index >= 15 is 0 Å². The summed E-state index contributed by atoms with van der Waals surface area (Å²) in [6.45, 7) is 3.98. The Hall–Kier alpha value is -3.19. The third kappa shape index (κ3) is 4.37. The summed E-state index contributed by atoms with van der Waals surface area (Å²) >= 11 is 0. The molecule has 144 valence electrons. The van der Waals surface area contributed by atoms with Gasteiger partial charge in [0.1, 0.15) is 0 Å². The smallest absolute Gasteiger partial charge is 0.247 e. The first-order valence-corrected chi connectivity index (χ1v) is 9.43. The van der Waals surface area contributed by atoms with E-state index < -0.39 is 0 Å². The first kappa shape index (κ1) is 18.2. The summed E-state index contributed by atoms with van der Waals surface area (Å²) in [6, 6.07) is 18.5. The number of aromatic nitrogens is 3. The summed E-state index contributed by atoms with van der Waals surface area (Å²) in [5.74, 6) is 1.25. The van der Waals surface area contributed by atoms with E-state index in [4.69, 9.17) is 4.74 Å². The SMILES string of the molecule is CN(Cc1ccccc1)c1nncc(Nc2ccccc2N2CCOCC2)n1. The lowest BCUT2D eigenvalue weighted by molar-refractivity contribution is 0.123. The highest BCUT2D eigenvalue weighted by Gasteiger charge is 2.15. The predicted molar refractivity (Wildman–Crippen MR) is 111 cm³/mol. The Labute approximate surface area is 165 Å². The zero-order chi connectivity index (χ0) is 19.2. The topological polar surface area (TPSA) is 66.4 Å². The average Bonchev–Trinajstić information content (AvgIpc) is 2.76. The van der Waals surface area contributed by atoms with E-state index in [1.807, 2.05) is 42.3 Å². The summed E-state index contributed by atoms with van der Waals surface area (Å²) in [5.41, 5.74) is 3.34. The molecule has 7 heteroatoms. The van der Waals surface area contributed by atoms with Gasteiger partial charge in [0.2, 0.25) is 5.95 Å². The van der Waals surface area contributed by atoms with Crippen LogP contribution in [-0.4, -0.2) is 48.5 Å². The monoisotopic (exact) mass is 376 g/mol. The van der Waals surface area contributed by atoms with E-state index in [-0.39, 0.29) is 0 Å². The van der Waals surface area contributed by atoms with Gasteiger partial charge in [0.05, 0.1) is 30.8 Å². The number of nitrogens with one attached hydrogen (secondary N) is 1. The van der Waals surface area contributed by atoms with Crippen molar-refractivity contribution < 1.29 is 4.74 Å². The number of para-hydroxylation sites is 2. The Kier molecular flexibility index (Phi) is 5.63. The van der Waals surface area contributed by atoms with Gasteiger partial charge in [0.15, 0.2) is 5.82 Å². The average molecular weight is 376 g/mol. The first-order valence-electron chi connectivity index (χ1n) is 9.43. The van der Waals surface area contributed by atoms with Crippen molar-refractivity contribution in [3.05, 3.63) is 66.4 Å². The number of nitrogens with zero attached hydrogens (tertiary/aromatic N) is 5. The molecule has 0 bridgehead atoms. The van der Waals surface area contributed by atoms with Crippen LogP contribution in [0, 0.1) is 0 Å². The summed E-state index contributed by atoms with van der Waals surface area (Å²) in [4.78, 5) is 8.96. The van der Waals surface area contributed by atoms with Gasteiger partial charge in [-0.2, -0.15) is 10.1 Å². The molecule has 1 N–H and O–H groups in total. The molecule has 1 aromatic heterocycles. The molecule has 0 unspecified atom stereocenters. The minimum atomic E-state index is 0.581. The van der Waals surface area contributed by atoms with E-state index in [1.165, 1.54) is 5.56 Å². The van der Waals surface area contributed by atoms with Crippen LogP contribution < -0.4 is 15.1 Å². The Balaban J connectivity index is 1.51. The zero-order valence-electron chi connectivity index (χ0n) is 16.0. The van der Waals surface area contributed by atoms with E-state index in [0.29, 0.717) is 11.8 Å². The van der Waals surface area contributed by atoms with Crippen LogP contribution in [0.25, 0.3) is 0 Å². The number of ether oxygens (including phenoxy) is 1. The van der Waals surface area contributed by atoms with Crippen LogP contribution in [-0.2, 0) is 11.3 Å². The fourth-order valence-electron chi connectivity index (χ4n) is 3.24. The highest BCUT2D eigenvalue weighted by molar-refractivity contribution is 5.74. The number of hydrogen-bond donors (Lipinski definition) is 1. The maximum atomic E-state index is 5.47. The molecule has 1 saturated heterocycles. The molecule has 3 aromatic rings. The van der Waals surface area contributed by atoms with Crippen molar-refractivity contribution in [3.63, 3.8) is 0 Å². The molecule has 1 fully saturated rings. The van der Waals surface area contributed by atoms with E-state index in [0.717, 1.165) is 44.2 Å². The Morgan fingerprint density at radius 1 is 1.04 bits per heavy atom. The van der Waals surface area contributed by atoms with Gasteiger partial charge in [-0.1, -0.05) is 42.5 Å². The van der Waals surface area contributed by atoms with Crippen LogP contribution >= 0.6 is 0 Å². The maximum Gasteiger partial charge on any atom is 0.247 e. The molecule has 1 aliphatic rings. The third-order valence-corrected chi connectivity index (χ3v) is 4.67. The van der Waals surface area contributed by atoms with Crippen molar-refractivity contribution in [2.24, 2.45) is 0 Å². The van der Waals surface area contributed by atoms with Gasteiger partial charge in [0.25, 0.3) is 0 Å².